The SMILES string of the molecule is CC(=O)c1ccc(N2CCN([C@@H](C)C(=O)N3CCN(Cc4ccccc4)CC3)CC2)cc1. The monoisotopic (exact) mass is 434 g/mol. The molecule has 0 unspecified atom stereocenters. The Morgan fingerprint density at radius 2 is 1.44 bits per heavy atom. The predicted octanol–water partition coefficient (Wildman–Crippen LogP) is 2.74. The van der Waals surface area contributed by atoms with Crippen molar-refractivity contribution in [3.8, 4) is 0 Å². The van der Waals surface area contributed by atoms with Crippen LogP contribution in [0.5, 0.6) is 0 Å². The average molecular weight is 435 g/mol. The van der Waals surface area contributed by atoms with E-state index in [1.165, 1.54) is 5.56 Å². The third-order valence-corrected chi connectivity index (χ3v) is 6.79. The van der Waals surface area contributed by atoms with Gasteiger partial charge in [-0.25, -0.2) is 0 Å². The molecule has 6 nitrogen and oxygen atoms in total. The lowest BCUT2D eigenvalue weighted by Crippen LogP contribution is -2.57. The highest BCUT2D eigenvalue weighted by Gasteiger charge is 2.30. The highest BCUT2D eigenvalue weighted by atomic mass is 16.2. The number of carbonyl (C=O) groups excluding carboxylic acids is 2. The summed E-state index contributed by atoms with van der Waals surface area (Å²) in [5.74, 6) is 0.346. The third-order valence-electron chi connectivity index (χ3n) is 6.79. The number of anilines is 1. The van der Waals surface area contributed by atoms with Gasteiger partial charge in [-0.05, 0) is 43.7 Å². The molecule has 0 radical (unpaired) electrons. The number of rotatable bonds is 6. The Balaban J connectivity index is 1.24. The van der Waals surface area contributed by atoms with Crippen LogP contribution in [0.1, 0.15) is 29.8 Å². The molecule has 2 saturated heterocycles. The maximum absolute atomic E-state index is 13.1. The van der Waals surface area contributed by atoms with Crippen molar-refractivity contribution in [3.05, 3.63) is 65.7 Å². The van der Waals surface area contributed by atoms with Gasteiger partial charge in [-0.3, -0.25) is 19.4 Å². The average Bonchev–Trinajstić information content (AvgIpc) is 2.84. The number of hydrogen-bond donors (Lipinski definition) is 0. The van der Waals surface area contributed by atoms with Crippen LogP contribution in [0.25, 0.3) is 0 Å². The van der Waals surface area contributed by atoms with Crippen molar-refractivity contribution in [2.45, 2.75) is 26.4 Å². The molecule has 0 aliphatic carbocycles. The molecule has 0 bridgehead atoms. The van der Waals surface area contributed by atoms with Crippen LogP contribution >= 0.6 is 0 Å². The number of nitrogens with zero attached hydrogens (tertiary/aromatic N) is 4. The van der Waals surface area contributed by atoms with Crippen molar-refractivity contribution in [2.24, 2.45) is 0 Å². The normalized spacial score (nSPS) is 19.1. The summed E-state index contributed by atoms with van der Waals surface area (Å²) in [6.07, 6.45) is 0. The van der Waals surface area contributed by atoms with Gasteiger partial charge in [0.25, 0.3) is 0 Å². The predicted molar refractivity (Wildman–Crippen MR) is 128 cm³/mol. The first-order valence-electron chi connectivity index (χ1n) is 11.7. The molecule has 2 fully saturated rings. The van der Waals surface area contributed by atoms with Crippen molar-refractivity contribution >= 4 is 17.4 Å². The van der Waals surface area contributed by atoms with Gasteiger partial charge in [0.2, 0.25) is 5.91 Å². The van der Waals surface area contributed by atoms with Crippen LogP contribution < -0.4 is 4.90 Å². The van der Waals surface area contributed by atoms with E-state index in [0.29, 0.717) is 0 Å². The van der Waals surface area contributed by atoms with Crippen molar-refractivity contribution in [2.75, 3.05) is 57.3 Å². The molecular formula is C26H34N4O2. The van der Waals surface area contributed by atoms with E-state index in [-0.39, 0.29) is 17.7 Å². The van der Waals surface area contributed by atoms with Gasteiger partial charge in [-0.1, -0.05) is 30.3 Å². The van der Waals surface area contributed by atoms with Gasteiger partial charge < -0.3 is 9.80 Å². The molecule has 2 aromatic rings. The molecule has 2 aliphatic rings. The fourth-order valence-electron chi connectivity index (χ4n) is 4.66. The number of carbonyl (C=O) groups is 2. The lowest BCUT2D eigenvalue weighted by Gasteiger charge is -2.41. The fraction of sp³-hybridized carbons (Fsp3) is 0.462. The molecule has 2 aromatic carbocycles. The summed E-state index contributed by atoms with van der Waals surface area (Å²) in [6, 6.07) is 18.3. The minimum atomic E-state index is -0.0853. The lowest BCUT2D eigenvalue weighted by molar-refractivity contribution is -0.138. The molecule has 0 saturated carbocycles. The molecule has 0 aromatic heterocycles. The van der Waals surface area contributed by atoms with Crippen LogP contribution in [-0.4, -0.2) is 84.8 Å². The van der Waals surface area contributed by atoms with Gasteiger partial charge in [0, 0.05) is 70.2 Å². The van der Waals surface area contributed by atoms with E-state index in [1.807, 2.05) is 35.2 Å². The first-order valence-corrected chi connectivity index (χ1v) is 11.7. The highest BCUT2D eigenvalue weighted by molar-refractivity contribution is 5.94. The first kappa shape index (κ1) is 22.5. The van der Waals surface area contributed by atoms with Crippen LogP contribution in [0.2, 0.25) is 0 Å². The van der Waals surface area contributed by atoms with Crippen LogP contribution in [0.3, 0.4) is 0 Å². The van der Waals surface area contributed by atoms with Crippen LogP contribution in [0.4, 0.5) is 5.69 Å². The van der Waals surface area contributed by atoms with Gasteiger partial charge in [-0.15, -0.1) is 0 Å². The smallest absolute Gasteiger partial charge is 0.239 e. The Hall–Kier alpha value is -2.70. The van der Waals surface area contributed by atoms with Gasteiger partial charge in [0.05, 0.1) is 6.04 Å². The van der Waals surface area contributed by atoms with Crippen molar-refractivity contribution in [3.63, 3.8) is 0 Å². The summed E-state index contributed by atoms with van der Waals surface area (Å²) in [4.78, 5) is 33.7. The van der Waals surface area contributed by atoms with E-state index in [4.69, 9.17) is 0 Å². The second kappa shape index (κ2) is 10.3. The number of Topliss-reactive ketones (excluding diaryl/α,β-unsaturated/α-hetero) is 1. The van der Waals surface area contributed by atoms with Crippen molar-refractivity contribution in [1.29, 1.82) is 0 Å². The molecule has 0 spiro atoms. The van der Waals surface area contributed by atoms with Crippen LogP contribution in [0.15, 0.2) is 54.6 Å². The number of ketones is 1. The molecule has 4 rings (SSSR count). The van der Waals surface area contributed by atoms with E-state index in [9.17, 15) is 9.59 Å². The fourth-order valence-corrected chi connectivity index (χ4v) is 4.66. The molecule has 0 N–H and O–H groups in total. The van der Waals surface area contributed by atoms with E-state index in [1.54, 1.807) is 6.92 Å². The van der Waals surface area contributed by atoms with Gasteiger partial charge in [-0.2, -0.15) is 0 Å². The summed E-state index contributed by atoms with van der Waals surface area (Å²) in [5, 5.41) is 0. The molecule has 2 aliphatic heterocycles. The maximum atomic E-state index is 13.1. The Labute approximate surface area is 191 Å². The zero-order valence-electron chi connectivity index (χ0n) is 19.2. The van der Waals surface area contributed by atoms with Crippen LogP contribution in [0, 0.1) is 0 Å². The third kappa shape index (κ3) is 5.37. The number of piperazine rings is 2. The number of hydrogen-bond acceptors (Lipinski definition) is 5. The van der Waals surface area contributed by atoms with E-state index in [0.717, 1.165) is 70.2 Å². The number of amides is 1. The molecule has 1 amide bonds. The molecule has 2 heterocycles. The minimum absolute atomic E-state index is 0.0853. The Morgan fingerprint density at radius 1 is 0.812 bits per heavy atom. The number of benzene rings is 2. The van der Waals surface area contributed by atoms with Gasteiger partial charge in [0.15, 0.2) is 5.78 Å². The largest absolute Gasteiger partial charge is 0.369 e. The van der Waals surface area contributed by atoms with Gasteiger partial charge >= 0.3 is 0 Å². The lowest BCUT2D eigenvalue weighted by atomic mass is 10.1. The zero-order valence-corrected chi connectivity index (χ0v) is 19.2. The van der Waals surface area contributed by atoms with Gasteiger partial charge in [0.1, 0.15) is 0 Å². The van der Waals surface area contributed by atoms with Crippen molar-refractivity contribution in [1.82, 2.24) is 14.7 Å². The summed E-state index contributed by atoms with van der Waals surface area (Å²) in [5.41, 5.74) is 3.22. The van der Waals surface area contributed by atoms with E-state index >= 15 is 0 Å². The quantitative estimate of drug-likeness (QED) is 0.655. The topological polar surface area (TPSA) is 47.1 Å². The Kier molecular flexibility index (Phi) is 7.22. The Morgan fingerprint density at radius 3 is 2.03 bits per heavy atom. The summed E-state index contributed by atoms with van der Waals surface area (Å²) >= 11 is 0. The van der Waals surface area contributed by atoms with Crippen molar-refractivity contribution < 1.29 is 9.59 Å². The van der Waals surface area contributed by atoms with Crippen LogP contribution in [-0.2, 0) is 11.3 Å². The summed E-state index contributed by atoms with van der Waals surface area (Å²) in [7, 11) is 0. The standard InChI is InChI=1S/C26H34N4O2/c1-21(26(32)30-14-12-27(13-15-30)20-23-6-4-3-5-7-23)28-16-18-29(19-17-28)25-10-8-24(9-11-25)22(2)31/h3-11,21H,12-20H2,1-2H3/t21-/m0/s1. The second-order valence-corrected chi connectivity index (χ2v) is 8.89. The summed E-state index contributed by atoms with van der Waals surface area (Å²) in [6.45, 7) is 11.6. The molecule has 1 atom stereocenters. The minimum Gasteiger partial charge on any atom is -0.369 e. The zero-order chi connectivity index (χ0) is 22.5. The molecular weight excluding hydrogens is 400 g/mol. The second-order valence-electron chi connectivity index (χ2n) is 8.89. The summed E-state index contributed by atoms with van der Waals surface area (Å²) < 4.78 is 0. The molecule has 170 valence electrons. The molecule has 32 heavy (non-hydrogen) atoms. The first-order chi connectivity index (χ1) is 15.5. The van der Waals surface area contributed by atoms with E-state index in [2.05, 4.69) is 45.9 Å². The Bertz CT molecular complexity index is 899. The highest BCUT2D eigenvalue weighted by Crippen LogP contribution is 2.19. The maximum Gasteiger partial charge on any atom is 0.239 e. The molecule has 6 heteroatoms. The van der Waals surface area contributed by atoms with E-state index < -0.39 is 0 Å².